The Morgan fingerprint density at radius 1 is 1.12 bits per heavy atom. The molecule has 0 bridgehead atoms. The summed E-state index contributed by atoms with van der Waals surface area (Å²) in [6.07, 6.45) is 5.27. The Kier molecular flexibility index (Phi) is 6.87. The van der Waals surface area contributed by atoms with Crippen molar-refractivity contribution in [3.05, 3.63) is 102 Å². The topological polar surface area (TPSA) is 80.2 Å². The first kappa shape index (κ1) is 23.7. The summed E-state index contributed by atoms with van der Waals surface area (Å²) in [5.41, 5.74) is 1.78. The van der Waals surface area contributed by atoms with Crippen molar-refractivity contribution in [2.75, 3.05) is 11.9 Å². The van der Waals surface area contributed by atoms with Gasteiger partial charge >= 0.3 is 0 Å². The van der Waals surface area contributed by atoms with Crippen LogP contribution in [0.15, 0.2) is 53.5 Å². The zero-order chi connectivity index (χ0) is 24.4. The normalized spacial score (nSPS) is 12.6. The number of nitrogens with zero attached hydrogens (tertiary/aromatic N) is 1. The summed E-state index contributed by atoms with van der Waals surface area (Å²) in [6.45, 7) is -0.0968. The van der Waals surface area contributed by atoms with Crippen molar-refractivity contribution in [2.24, 2.45) is 0 Å². The molecular formula is C24H17F3IN3O3. The predicted molar refractivity (Wildman–Crippen MR) is 129 cm³/mol. The molecule has 4 rings (SSSR count). The minimum atomic E-state index is -1.59. The molecule has 0 saturated heterocycles. The van der Waals surface area contributed by atoms with Gasteiger partial charge in [-0.15, -0.1) is 0 Å². The van der Waals surface area contributed by atoms with Crippen LogP contribution in [0.25, 0.3) is 6.08 Å². The van der Waals surface area contributed by atoms with Crippen LogP contribution >= 0.6 is 22.6 Å². The third-order valence-corrected chi connectivity index (χ3v) is 5.73. The fourth-order valence-corrected chi connectivity index (χ4v) is 4.20. The zero-order valence-electron chi connectivity index (χ0n) is 17.5. The van der Waals surface area contributed by atoms with Crippen molar-refractivity contribution in [2.45, 2.75) is 13.0 Å². The van der Waals surface area contributed by atoms with E-state index in [0.29, 0.717) is 9.99 Å². The van der Waals surface area contributed by atoms with Crippen LogP contribution in [0.5, 0.6) is 0 Å². The second kappa shape index (κ2) is 9.84. The minimum Gasteiger partial charge on any atom is -0.348 e. The molecule has 1 aromatic heterocycles. The van der Waals surface area contributed by atoms with E-state index in [0.717, 1.165) is 33.5 Å². The maximum absolute atomic E-state index is 13.5. The number of aromatic nitrogens is 1. The highest BCUT2D eigenvalue weighted by atomic mass is 127. The van der Waals surface area contributed by atoms with E-state index in [2.05, 4.69) is 10.6 Å². The van der Waals surface area contributed by atoms with Crippen LogP contribution in [-0.4, -0.2) is 22.9 Å². The van der Waals surface area contributed by atoms with Crippen molar-refractivity contribution in [1.82, 2.24) is 9.88 Å². The molecule has 2 N–H and O–H groups in total. The minimum absolute atomic E-state index is 0.0420. The Bertz CT molecular complexity index is 1380. The van der Waals surface area contributed by atoms with E-state index in [9.17, 15) is 27.6 Å². The number of pyridine rings is 1. The van der Waals surface area contributed by atoms with Crippen LogP contribution in [0.2, 0.25) is 0 Å². The average molecular weight is 579 g/mol. The molecule has 6 nitrogen and oxygen atoms in total. The number of hydrogen-bond donors (Lipinski definition) is 2. The molecule has 0 unspecified atom stereocenters. The summed E-state index contributed by atoms with van der Waals surface area (Å²) >= 11 is 1.92. The van der Waals surface area contributed by atoms with Gasteiger partial charge in [0.2, 0.25) is 5.91 Å². The molecule has 0 saturated carbocycles. The lowest BCUT2D eigenvalue weighted by Gasteiger charge is -2.10. The molecule has 0 radical (unpaired) electrons. The molecule has 174 valence electrons. The van der Waals surface area contributed by atoms with Gasteiger partial charge in [0.25, 0.3) is 11.5 Å². The number of carbonyl (C=O) groups is 2. The molecule has 2 aromatic carbocycles. The van der Waals surface area contributed by atoms with Crippen LogP contribution in [0, 0.1) is 21.0 Å². The molecule has 10 heteroatoms. The second-order valence-corrected chi connectivity index (χ2v) is 8.88. The van der Waals surface area contributed by atoms with E-state index in [1.54, 1.807) is 12.2 Å². The lowest BCUT2D eigenvalue weighted by molar-refractivity contribution is -0.115. The first-order chi connectivity index (χ1) is 16.2. The lowest BCUT2D eigenvalue weighted by Crippen LogP contribution is -2.33. The molecule has 0 atom stereocenters. The molecule has 1 aliphatic rings. The number of carbonyl (C=O) groups excluding carboxylic acids is 2. The third kappa shape index (κ3) is 5.22. The quantitative estimate of drug-likeness (QED) is 0.344. The van der Waals surface area contributed by atoms with Gasteiger partial charge in [-0.3, -0.25) is 14.4 Å². The van der Waals surface area contributed by atoms with Crippen LogP contribution in [0.4, 0.5) is 18.9 Å². The van der Waals surface area contributed by atoms with Crippen LogP contribution in [-0.2, 0) is 17.8 Å². The number of halogens is 4. The standard InChI is InChI=1S/C24H17F3IN3O3/c25-18-6-14(7-19(26)22(18)27)11-31-12-16(28)10-17(24(31)34)23(33)29-5-1-2-13-3-4-15-9-21(32)30-20(15)8-13/h1-4,6-8,10,12H,5,9,11H2,(H,29,33)(H,30,32). The van der Waals surface area contributed by atoms with E-state index in [4.69, 9.17) is 0 Å². The number of nitrogens with one attached hydrogen (secondary N) is 2. The summed E-state index contributed by atoms with van der Waals surface area (Å²) in [4.78, 5) is 36.8. The molecule has 34 heavy (non-hydrogen) atoms. The number of benzene rings is 2. The van der Waals surface area contributed by atoms with Crippen LogP contribution < -0.4 is 16.2 Å². The fourth-order valence-electron chi connectivity index (χ4n) is 3.55. The largest absolute Gasteiger partial charge is 0.348 e. The van der Waals surface area contributed by atoms with Crippen molar-refractivity contribution < 1.29 is 22.8 Å². The number of rotatable bonds is 6. The Labute approximate surface area is 205 Å². The number of amides is 2. The Morgan fingerprint density at radius 2 is 1.85 bits per heavy atom. The van der Waals surface area contributed by atoms with Gasteiger partial charge in [-0.1, -0.05) is 24.3 Å². The SMILES string of the molecule is O=C1Cc2ccc(C=CCNC(=O)c3cc(I)cn(Cc4cc(F)c(F)c(F)c4)c3=O)cc2N1. The van der Waals surface area contributed by atoms with Gasteiger partial charge in [-0.05, 0) is 63.5 Å². The zero-order valence-corrected chi connectivity index (χ0v) is 19.7. The molecule has 0 fully saturated rings. The van der Waals surface area contributed by atoms with Gasteiger partial charge in [-0.25, -0.2) is 13.2 Å². The van der Waals surface area contributed by atoms with Gasteiger partial charge in [-0.2, -0.15) is 0 Å². The number of hydrogen-bond acceptors (Lipinski definition) is 3. The molecule has 1 aliphatic heterocycles. The molecular weight excluding hydrogens is 562 g/mol. The summed E-state index contributed by atoms with van der Waals surface area (Å²) in [5.74, 6) is -4.97. The predicted octanol–water partition coefficient (Wildman–Crippen LogP) is 3.86. The summed E-state index contributed by atoms with van der Waals surface area (Å²) in [5, 5.41) is 5.40. The Balaban J connectivity index is 1.45. The van der Waals surface area contributed by atoms with E-state index < -0.39 is 28.9 Å². The van der Waals surface area contributed by atoms with E-state index >= 15 is 0 Å². The second-order valence-electron chi connectivity index (χ2n) is 7.63. The highest BCUT2D eigenvalue weighted by Gasteiger charge is 2.17. The molecule has 2 amide bonds. The van der Waals surface area contributed by atoms with E-state index in [-0.39, 0.29) is 30.1 Å². The van der Waals surface area contributed by atoms with Crippen molar-refractivity contribution in [3.8, 4) is 0 Å². The molecule has 0 aliphatic carbocycles. The smallest absolute Gasteiger partial charge is 0.263 e. The lowest BCUT2D eigenvalue weighted by atomic mass is 10.1. The highest BCUT2D eigenvalue weighted by molar-refractivity contribution is 14.1. The van der Waals surface area contributed by atoms with Gasteiger partial charge < -0.3 is 15.2 Å². The van der Waals surface area contributed by atoms with E-state index in [1.165, 1.54) is 12.3 Å². The van der Waals surface area contributed by atoms with Crippen molar-refractivity contribution >= 4 is 46.2 Å². The molecule has 0 spiro atoms. The molecule has 3 aromatic rings. The summed E-state index contributed by atoms with van der Waals surface area (Å²) < 4.78 is 41.9. The van der Waals surface area contributed by atoms with E-state index in [1.807, 2.05) is 40.8 Å². The van der Waals surface area contributed by atoms with Gasteiger partial charge in [0.05, 0.1) is 13.0 Å². The van der Waals surface area contributed by atoms with Crippen molar-refractivity contribution in [3.63, 3.8) is 0 Å². The highest BCUT2D eigenvalue weighted by Crippen LogP contribution is 2.24. The van der Waals surface area contributed by atoms with Gasteiger partial charge in [0, 0.05) is 22.0 Å². The maximum Gasteiger partial charge on any atom is 0.263 e. The van der Waals surface area contributed by atoms with Crippen LogP contribution in [0.3, 0.4) is 0 Å². The first-order valence-corrected chi connectivity index (χ1v) is 11.2. The monoisotopic (exact) mass is 579 g/mol. The van der Waals surface area contributed by atoms with Gasteiger partial charge in [0.1, 0.15) is 5.56 Å². The van der Waals surface area contributed by atoms with Crippen molar-refractivity contribution in [1.29, 1.82) is 0 Å². The molecule has 2 heterocycles. The third-order valence-electron chi connectivity index (χ3n) is 5.14. The fraction of sp³-hybridized carbons (Fsp3) is 0.125. The summed E-state index contributed by atoms with van der Waals surface area (Å²) in [7, 11) is 0. The maximum atomic E-state index is 13.5. The first-order valence-electron chi connectivity index (χ1n) is 10.1. The van der Waals surface area contributed by atoms with Crippen LogP contribution in [0.1, 0.15) is 27.0 Å². The van der Waals surface area contributed by atoms with Gasteiger partial charge in [0.15, 0.2) is 17.5 Å². The number of anilines is 1. The average Bonchev–Trinajstić information content (AvgIpc) is 3.16. The summed E-state index contributed by atoms with van der Waals surface area (Å²) in [6, 6.07) is 8.57. The Morgan fingerprint density at radius 3 is 2.59 bits per heavy atom. The number of fused-ring (bicyclic) bond motifs is 1. The Hall–Kier alpha value is -3.41.